The van der Waals surface area contributed by atoms with Crippen LogP contribution in [0.15, 0.2) is 53.5 Å². The SMILES string of the molecule is CCOCC1CCN(C(=NC)NCc2ccc(Oc3ccccc3OC)cc2)C1.I. The molecule has 0 spiro atoms. The van der Waals surface area contributed by atoms with E-state index in [-0.39, 0.29) is 24.0 Å². The Balaban J connectivity index is 0.00000320. The number of aliphatic imine (C=N–C) groups is 1. The van der Waals surface area contributed by atoms with Gasteiger partial charge in [0.15, 0.2) is 17.5 Å². The Kier molecular flexibility index (Phi) is 10.2. The van der Waals surface area contributed by atoms with Gasteiger partial charge in [0.05, 0.1) is 13.7 Å². The van der Waals surface area contributed by atoms with Gasteiger partial charge in [-0.3, -0.25) is 4.99 Å². The molecule has 0 saturated carbocycles. The van der Waals surface area contributed by atoms with Crippen LogP contribution in [-0.4, -0.2) is 51.3 Å². The monoisotopic (exact) mass is 525 g/mol. The van der Waals surface area contributed by atoms with Crippen molar-refractivity contribution in [1.29, 1.82) is 0 Å². The van der Waals surface area contributed by atoms with E-state index in [1.165, 1.54) is 5.56 Å². The number of ether oxygens (including phenoxy) is 3. The molecule has 1 aliphatic heterocycles. The highest BCUT2D eigenvalue weighted by atomic mass is 127. The first-order chi connectivity index (χ1) is 14.2. The van der Waals surface area contributed by atoms with E-state index in [9.17, 15) is 0 Å². The molecule has 0 bridgehead atoms. The minimum absolute atomic E-state index is 0. The topological polar surface area (TPSA) is 55.3 Å². The third-order valence-electron chi connectivity index (χ3n) is 5.03. The molecule has 0 aromatic heterocycles. The molecule has 3 rings (SSSR count). The Bertz CT molecular complexity index is 799. The zero-order valence-corrected chi connectivity index (χ0v) is 20.3. The van der Waals surface area contributed by atoms with E-state index in [4.69, 9.17) is 14.2 Å². The smallest absolute Gasteiger partial charge is 0.193 e. The molecule has 1 heterocycles. The van der Waals surface area contributed by atoms with E-state index < -0.39 is 0 Å². The van der Waals surface area contributed by atoms with Crippen LogP contribution in [0.2, 0.25) is 0 Å². The quantitative estimate of drug-likeness (QED) is 0.312. The van der Waals surface area contributed by atoms with E-state index in [2.05, 4.69) is 27.3 Å². The molecule has 0 aliphatic carbocycles. The molecule has 1 saturated heterocycles. The van der Waals surface area contributed by atoms with Crippen molar-refractivity contribution in [3.8, 4) is 17.2 Å². The summed E-state index contributed by atoms with van der Waals surface area (Å²) in [5, 5.41) is 3.47. The van der Waals surface area contributed by atoms with Crippen LogP contribution < -0.4 is 14.8 Å². The third-order valence-corrected chi connectivity index (χ3v) is 5.03. The number of likely N-dealkylation sites (tertiary alicyclic amines) is 1. The van der Waals surface area contributed by atoms with Gasteiger partial charge in [0, 0.05) is 39.2 Å². The fraction of sp³-hybridized carbons (Fsp3) is 0.435. The predicted molar refractivity (Wildman–Crippen MR) is 131 cm³/mol. The third kappa shape index (κ3) is 6.77. The van der Waals surface area contributed by atoms with Gasteiger partial charge in [-0.1, -0.05) is 24.3 Å². The molecule has 0 radical (unpaired) electrons. The highest BCUT2D eigenvalue weighted by Crippen LogP contribution is 2.30. The molecule has 1 aliphatic rings. The number of hydrogen-bond donors (Lipinski definition) is 1. The maximum atomic E-state index is 5.94. The minimum Gasteiger partial charge on any atom is -0.493 e. The predicted octanol–water partition coefficient (Wildman–Crippen LogP) is 4.54. The highest BCUT2D eigenvalue weighted by molar-refractivity contribution is 14.0. The van der Waals surface area contributed by atoms with E-state index >= 15 is 0 Å². The molecule has 1 unspecified atom stereocenters. The van der Waals surface area contributed by atoms with Crippen LogP contribution >= 0.6 is 24.0 Å². The summed E-state index contributed by atoms with van der Waals surface area (Å²) in [5.74, 6) is 3.73. The van der Waals surface area contributed by atoms with Crippen molar-refractivity contribution >= 4 is 29.9 Å². The van der Waals surface area contributed by atoms with Gasteiger partial charge in [-0.25, -0.2) is 0 Å². The van der Waals surface area contributed by atoms with Gasteiger partial charge in [-0.2, -0.15) is 0 Å². The maximum absolute atomic E-state index is 5.94. The first-order valence-corrected chi connectivity index (χ1v) is 10.2. The number of rotatable bonds is 8. The first-order valence-electron chi connectivity index (χ1n) is 10.2. The summed E-state index contributed by atoms with van der Waals surface area (Å²) in [6.07, 6.45) is 1.15. The standard InChI is InChI=1S/C23H31N3O3.HI/c1-4-28-17-19-13-14-26(16-19)23(24-2)25-15-18-9-11-20(12-10-18)29-22-8-6-5-7-21(22)27-3;/h5-12,19H,4,13-17H2,1-3H3,(H,24,25);1H. The molecule has 1 N–H and O–H groups in total. The Labute approximate surface area is 196 Å². The zero-order chi connectivity index (χ0) is 20.5. The number of benzene rings is 2. The lowest BCUT2D eigenvalue weighted by molar-refractivity contribution is 0.114. The second-order valence-corrected chi connectivity index (χ2v) is 7.06. The van der Waals surface area contributed by atoms with Crippen LogP contribution in [0, 0.1) is 5.92 Å². The molecule has 2 aromatic carbocycles. The number of nitrogens with one attached hydrogen (secondary N) is 1. The summed E-state index contributed by atoms with van der Waals surface area (Å²) in [6, 6.07) is 15.7. The zero-order valence-electron chi connectivity index (χ0n) is 18.0. The van der Waals surface area contributed by atoms with Gasteiger partial charge >= 0.3 is 0 Å². The molecule has 1 atom stereocenters. The molecule has 2 aromatic rings. The van der Waals surface area contributed by atoms with E-state index in [0.717, 1.165) is 50.2 Å². The number of nitrogens with zero attached hydrogens (tertiary/aromatic N) is 2. The molecule has 164 valence electrons. The fourth-order valence-electron chi connectivity index (χ4n) is 3.46. The Morgan fingerprint density at radius 3 is 2.53 bits per heavy atom. The summed E-state index contributed by atoms with van der Waals surface area (Å²) in [6.45, 7) is 6.38. The number of halogens is 1. The minimum atomic E-state index is 0. The number of guanidine groups is 1. The number of para-hydroxylation sites is 2. The van der Waals surface area contributed by atoms with Gasteiger partial charge in [0.1, 0.15) is 5.75 Å². The molecular formula is C23H32IN3O3. The summed E-state index contributed by atoms with van der Waals surface area (Å²) in [4.78, 5) is 6.75. The molecule has 1 fully saturated rings. The van der Waals surface area contributed by atoms with E-state index in [1.807, 2.05) is 50.4 Å². The van der Waals surface area contributed by atoms with E-state index in [1.54, 1.807) is 7.11 Å². The fourth-order valence-corrected chi connectivity index (χ4v) is 3.46. The Morgan fingerprint density at radius 2 is 1.87 bits per heavy atom. The maximum Gasteiger partial charge on any atom is 0.193 e. The molecule has 7 heteroatoms. The number of methoxy groups -OCH3 is 1. The van der Waals surface area contributed by atoms with Crippen molar-refractivity contribution in [2.24, 2.45) is 10.9 Å². The van der Waals surface area contributed by atoms with Crippen molar-refractivity contribution in [3.63, 3.8) is 0 Å². The largest absolute Gasteiger partial charge is 0.493 e. The Morgan fingerprint density at radius 1 is 1.13 bits per heavy atom. The lowest BCUT2D eigenvalue weighted by atomic mass is 10.1. The van der Waals surface area contributed by atoms with E-state index in [0.29, 0.717) is 18.2 Å². The van der Waals surface area contributed by atoms with Crippen molar-refractivity contribution in [2.75, 3.05) is 40.5 Å². The van der Waals surface area contributed by atoms with Crippen molar-refractivity contribution < 1.29 is 14.2 Å². The lowest BCUT2D eigenvalue weighted by Gasteiger charge is -2.22. The average Bonchev–Trinajstić information content (AvgIpc) is 3.23. The van der Waals surface area contributed by atoms with Crippen LogP contribution in [0.3, 0.4) is 0 Å². The number of hydrogen-bond acceptors (Lipinski definition) is 4. The highest BCUT2D eigenvalue weighted by Gasteiger charge is 2.24. The second kappa shape index (κ2) is 12.6. The van der Waals surface area contributed by atoms with Gasteiger partial charge in [0.2, 0.25) is 0 Å². The van der Waals surface area contributed by atoms with Crippen LogP contribution in [0.25, 0.3) is 0 Å². The Hall–Kier alpha value is -2.00. The summed E-state index contributed by atoms with van der Waals surface area (Å²) in [5.41, 5.74) is 1.17. The molecule has 30 heavy (non-hydrogen) atoms. The summed E-state index contributed by atoms with van der Waals surface area (Å²) < 4.78 is 16.8. The first kappa shape index (κ1) is 24.3. The van der Waals surface area contributed by atoms with Gasteiger partial charge in [-0.05, 0) is 43.2 Å². The summed E-state index contributed by atoms with van der Waals surface area (Å²) >= 11 is 0. The second-order valence-electron chi connectivity index (χ2n) is 7.06. The van der Waals surface area contributed by atoms with Crippen LogP contribution in [0.5, 0.6) is 17.2 Å². The lowest BCUT2D eigenvalue weighted by Crippen LogP contribution is -2.39. The van der Waals surface area contributed by atoms with Crippen LogP contribution in [0.4, 0.5) is 0 Å². The van der Waals surface area contributed by atoms with Crippen LogP contribution in [-0.2, 0) is 11.3 Å². The van der Waals surface area contributed by atoms with Crippen molar-refractivity contribution in [3.05, 3.63) is 54.1 Å². The van der Waals surface area contributed by atoms with Crippen molar-refractivity contribution in [2.45, 2.75) is 19.9 Å². The van der Waals surface area contributed by atoms with Crippen molar-refractivity contribution in [1.82, 2.24) is 10.2 Å². The normalized spacial score (nSPS) is 16.2. The van der Waals surface area contributed by atoms with Crippen LogP contribution in [0.1, 0.15) is 18.9 Å². The summed E-state index contributed by atoms with van der Waals surface area (Å²) in [7, 11) is 3.48. The molecule has 6 nitrogen and oxygen atoms in total. The van der Waals surface area contributed by atoms with Gasteiger partial charge in [-0.15, -0.1) is 24.0 Å². The molecule has 0 amide bonds. The van der Waals surface area contributed by atoms with Gasteiger partial charge < -0.3 is 24.4 Å². The van der Waals surface area contributed by atoms with Gasteiger partial charge in [0.25, 0.3) is 0 Å². The average molecular weight is 525 g/mol. The molecular weight excluding hydrogens is 493 g/mol.